The van der Waals surface area contributed by atoms with Crippen LogP contribution in [0, 0.1) is 5.92 Å². The maximum atomic E-state index is 5.52. The van der Waals surface area contributed by atoms with Gasteiger partial charge in [-0.1, -0.05) is 6.07 Å². The van der Waals surface area contributed by atoms with Crippen LogP contribution in [0.25, 0.3) is 0 Å². The summed E-state index contributed by atoms with van der Waals surface area (Å²) in [6, 6.07) is 6.47. The van der Waals surface area contributed by atoms with E-state index in [9.17, 15) is 0 Å². The second kappa shape index (κ2) is 3.19. The average molecular weight is 189 g/mol. The van der Waals surface area contributed by atoms with Crippen LogP contribution in [0.15, 0.2) is 18.2 Å². The molecule has 74 valence electrons. The second-order valence-electron chi connectivity index (χ2n) is 4.25. The Labute approximate surface area is 84.3 Å². The van der Waals surface area contributed by atoms with Crippen molar-refractivity contribution in [2.24, 2.45) is 5.92 Å². The van der Waals surface area contributed by atoms with E-state index in [0.717, 1.165) is 31.2 Å². The van der Waals surface area contributed by atoms with E-state index in [1.54, 1.807) is 0 Å². The maximum Gasteiger partial charge on any atom is 0.124 e. The molecular weight excluding hydrogens is 174 g/mol. The molecule has 2 heteroatoms. The van der Waals surface area contributed by atoms with Gasteiger partial charge in [-0.25, -0.2) is 0 Å². The first kappa shape index (κ1) is 8.16. The molecule has 1 aromatic rings. The van der Waals surface area contributed by atoms with Crippen LogP contribution in [0.2, 0.25) is 0 Å². The standard InChI is InChI=1S/C12H15NO/c1-2-9(1)8-13-11-4-3-10-5-6-14-12(10)7-11/h3-4,7,9,13H,1-2,5-6,8H2. The predicted octanol–water partition coefficient (Wildman–Crippen LogP) is 2.44. The summed E-state index contributed by atoms with van der Waals surface area (Å²) in [4.78, 5) is 0. The molecule has 1 saturated carbocycles. The van der Waals surface area contributed by atoms with Crippen LogP contribution in [-0.2, 0) is 6.42 Å². The van der Waals surface area contributed by atoms with Crippen LogP contribution in [-0.4, -0.2) is 13.2 Å². The van der Waals surface area contributed by atoms with Crippen LogP contribution < -0.4 is 10.1 Å². The summed E-state index contributed by atoms with van der Waals surface area (Å²) in [5.41, 5.74) is 2.56. The van der Waals surface area contributed by atoms with E-state index >= 15 is 0 Å². The molecule has 0 unspecified atom stereocenters. The number of hydrogen-bond acceptors (Lipinski definition) is 2. The topological polar surface area (TPSA) is 21.3 Å². The molecule has 0 aromatic heterocycles. The lowest BCUT2D eigenvalue weighted by Gasteiger charge is -2.06. The summed E-state index contributed by atoms with van der Waals surface area (Å²) < 4.78 is 5.52. The number of anilines is 1. The molecule has 1 aliphatic carbocycles. The van der Waals surface area contributed by atoms with Crippen molar-refractivity contribution in [1.82, 2.24) is 0 Å². The van der Waals surface area contributed by atoms with Gasteiger partial charge in [0.2, 0.25) is 0 Å². The van der Waals surface area contributed by atoms with Crippen LogP contribution in [0.5, 0.6) is 5.75 Å². The van der Waals surface area contributed by atoms with Gasteiger partial charge in [-0.2, -0.15) is 0 Å². The van der Waals surface area contributed by atoms with Gasteiger partial charge in [-0.15, -0.1) is 0 Å². The summed E-state index contributed by atoms with van der Waals surface area (Å²) in [6.07, 6.45) is 3.86. The highest BCUT2D eigenvalue weighted by atomic mass is 16.5. The average Bonchev–Trinajstić information content (AvgIpc) is 2.92. The Bertz CT molecular complexity index is 344. The van der Waals surface area contributed by atoms with E-state index in [-0.39, 0.29) is 0 Å². The fraction of sp³-hybridized carbons (Fsp3) is 0.500. The van der Waals surface area contributed by atoms with E-state index in [1.807, 2.05) is 0 Å². The van der Waals surface area contributed by atoms with Crippen molar-refractivity contribution < 1.29 is 4.74 Å². The van der Waals surface area contributed by atoms with Gasteiger partial charge in [-0.3, -0.25) is 0 Å². The largest absolute Gasteiger partial charge is 0.493 e. The molecule has 1 fully saturated rings. The van der Waals surface area contributed by atoms with Crippen LogP contribution in [0.4, 0.5) is 5.69 Å². The molecule has 0 bridgehead atoms. The third-order valence-corrected chi connectivity index (χ3v) is 2.99. The van der Waals surface area contributed by atoms with E-state index in [0.29, 0.717) is 0 Å². The van der Waals surface area contributed by atoms with Gasteiger partial charge in [0.25, 0.3) is 0 Å². The number of rotatable bonds is 3. The molecule has 1 N–H and O–H groups in total. The highest BCUT2D eigenvalue weighted by molar-refractivity contribution is 5.53. The third-order valence-electron chi connectivity index (χ3n) is 2.99. The number of hydrogen-bond donors (Lipinski definition) is 1. The lowest BCUT2D eigenvalue weighted by Crippen LogP contribution is -2.02. The van der Waals surface area contributed by atoms with E-state index < -0.39 is 0 Å². The Morgan fingerprint density at radius 3 is 3.14 bits per heavy atom. The molecule has 0 atom stereocenters. The quantitative estimate of drug-likeness (QED) is 0.788. The van der Waals surface area contributed by atoms with Crippen LogP contribution in [0.1, 0.15) is 18.4 Å². The lowest BCUT2D eigenvalue weighted by molar-refractivity contribution is 0.357. The van der Waals surface area contributed by atoms with Gasteiger partial charge >= 0.3 is 0 Å². The fourth-order valence-corrected chi connectivity index (χ4v) is 1.86. The minimum Gasteiger partial charge on any atom is -0.493 e. The first-order chi connectivity index (χ1) is 6.92. The number of nitrogens with one attached hydrogen (secondary N) is 1. The molecule has 2 nitrogen and oxygen atoms in total. The first-order valence-corrected chi connectivity index (χ1v) is 5.41. The van der Waals surface area contributed by atoms with Crippen LogP contribution >= 0.6 is 0 Å². The van der Waals surface area contributed by atoms with Crippen molar-refractivity contribution in [3.8, 4) is 5.75 Å². The molecule has 3 rings (SSSR count). The molecule has 14 heavy (non-hydrogen) atoms. The zero-order valence-corrected chi connectivity index (χ0v) is 8.25. The summed E-state index contributed by atoms with van der Waals surface area (Å²) in [6.45, 7) is 1.97. The second-order valence-corrected chi connectivity index (χ2v) is 4.25. The monoisotopic (exact) mass is 189 g/mol. The summed E-state index contributed by atoms with van der Waals surface area (Å²) in [5.74, 6) is 2.00. The van der Waals surface area contributed by atoms with Gasteiger partial charge < -0.3 is 10.1 Å². The normalized spacial score (nSPS) is 18.9. The molecular formula is C12H15NO. The van der Waals surface area contributed by atoms with Crippen LogP contribution in [0.3, 0.4) is 0 Å². The molecule has 0 radical (unpaired) electrons. The Morgan fingerprint density at radius 1 is 1.36 bits per heavy atom. The fourth-order valence-electron chi connectivity index (χ4n) is 1.86. The molecule has 0 amide bonds. The third kappa shape index (κ3) is 1.57. The van der Waals surface area contributed by atoms with Crippen molar-refractivity contribution in [2.75, 3.05) is 18.5 Å². The van der Waals surface area contributed by atoms with Gasteiger partial charge in [0, 0.05) is 24.7 Å². The molecule has 1 heterocycles. The molecule has 1 aromatic carbocycles. The molecule has 0 spiro atoms. The smallest absolute Gasteiger partial charge is 0.124 e. The Hall–Kier alpha value is -1.18. The number of ether oxygens (including phenoxy) is 1. The first-order valence-electron chi connectivity index (χ1n) is 5.41. The zero-order valence-electron chi connectivity index (χ0n) is 8.25. The summed E-state index contributed by atoms with van der Waals surface area (Å²) in [7, 11) is 0. The van der Waals surface area contributed by atoms with E-state index in [4.69, 9.17) is 4.74 Å². The van der Waals surface area contributed by atoms with Crippen molar-refractivity contribution >= 4 is 5.69 Å². The molecule has 0 saturated heterocycles. The van der Waals surface area contributed by atoms with E-state index in [1.165, 1.54) is 24.1 Å². The Kier molecular flexibility index (Phi) is 1.86. The van der Waals surface area contributed by atoms with Crippen molar-refractivity contribution in [2.45, 2.75) is 19.3 Å². The van der Waals surface area contributed by atoms with Gasteiger partial charge in [0.1, 0.15) is 5.75 Å². The van der Waals surface area contributed by atoms with Crippen molar-refractivity contribution in [3.05, 3.63) is 23.8 Å². The highest BCUT2D eigenvalue weighted by Gasteiger charge is 2.20. The SMILES string of the molecule is c1cc2c(cc1NCC1CC1)OCC2. The molecule has 2 aliphatic rings. The predicted molar refractivity (Wildman–Crippen MR) is 56.9 cm³/mol. The van der Waals surface area contributed by atoms with Gasteiger partial charge in [-0.05, 0) is 30.4 Å². The lowest BCUT2D eigenvalue weighted by atomic mass is 10.1. The Balaban J connectivity index is 1.71. The van der Waals surface area contributed by atoms with Crippen molar-refractivity contribution in [1.29, 1.82) is 0 Å². The van der Waals surface area contributed by atoms with Gasteiger partial charge in [0.05, 0.1) is 6.61 Å². The van der Waals surface area contributed by atoms with Crippen molar-refractivity contribution in [3.63, 3.8) is 0 Å². The highest BCUT2D eigenvalue weighted by Crippen LogP contribution is 2.31. The minimum absolute atomic E-state index is 0.849. The summed E-state index contributed by atoms with van der Waals surface area (Å²) >= 11 is 0. The van der Waals surface area contributed by atoms with E-state index in [2.05, 4.69) is 23.5 Å². The van der Waals surface area contributed by atoms with Gasteiger partial charge in [0.15, 0.2) is 0 Å². The maximum absolute atomic E-state index is 5.52. The number of fused-ring (bicyclic) bond motifs is 1. The molecule has 1 aliphatic heterocycles. The minimum atomic E-state index is 0.849. The number of benzene rings is 1. The Morgan fingerprint density at radius 2 is 2.29 bits per heavy atom. The summed E-state index contributed by atoms with van der Waals surface area (Å²) in [5, 5.41) is 3.46. The zero-order chi connectivity index (χ0) is 9.38.